The molecule has 1 aromatic carbocycles. The number of halogens is 3. The largest absolute Gasteiger partial charge is 0.395 e. The Labute approximate surface area is 85.7 Å². The van der Waals surface area contributed by atoms with E-state index in [0.717, 1.165) is 6.07 Å². The van der Waals surface area contributed by atoms with Crippen LogP contribution in [0.3, 0.4) is 0 Å². The number of nitrogens with one attached hydrogen (secondary N) is 1. The second-order valence-electron chi connectivity index (χ2n) is 3.33. The van der Waals surface area contributed by atoms with Crippen molar-refractivity contribution in [2.75, 3.05) is 6.61 Å². The summed E-state index contributed by atoms with van der Waals surface area (Å²) in [6, 6.07) is 1.17. The summed E-state index contributed by atoms with van der Waals surface area (Å²) < 4.78 is 38.6. The van der Waals surface area contributed by atoms with Crippen molar-refractivity contribution in [1.82, 2.24) is 5.32 Å². The van der Waals surface area contributed by atoms with Crippen LogP contribution in [-0.4, -0.2) is 17.8 Å². The summed E-state index contributed by atoms with van der Waals surface area (Å²) in [4.78, 5) is 0. The van der Waals surface area contributed by atoms with Crippen molar-refractivity contribution in [2.45, 2.75) is 19.5 Å². The van der Waals surface area contributed by atoms with Gasteiger partial charge in [0.05, 0.1) is 6.61 Å². The first-order valence-electron chi connectivity index (χ1n) is 4.52. The first-order chi connectivity index (χ1) is 7.04. The van der Waals surface area contributed by atoms with Crippen LogP contribution in [0, 0.1) is 17.5 Å². The Bertz CT molecular complexity index is 344. The van der Waals surface area contributed by atoms with Gasteiger partial charge in [-0.1, -0.05) is 0 Å². The quantitative estimate of drug-likeness (QED) is 0.753. The van der Waals surface area contributed by atoms with Crippen LogP contribution in [0.4, 0.5) is 13.2 Å². The smallest absolute Gasteiger partial charge is 0.163 e. The summed E-state index contributed by atoms with van der Waals surface area (Å²) in [7, 11) is 0. The highest BCUT2D eigenvalue weighted by molar-refractivity contribution is 5.20. The van der Waals surface area contributed by atoms with Crippen LogP contribution in [0.15, 0.2) is 12.1 Å². The maximum atomic E-state index is 13.1. The van der Waals surface area contributed by atoms with Gasteiger partial charge in [-0.25, -0.2) is 13.2 Å². The van der Waals surface area contributed by atoms with E-state index in [-0.39, 0.29) is 24.8 Å². The second-order valence-corrected chi connectivity index (χ2v) is 3.33. The fourth-order valence-electron chi connectivity index (χ4n) is 1.09. The van der Waals surface area contributed by atoms with Crippen LogP contribution in [0.5, 0.6) is 0 Å². The minimum absolute atomic E-state index is 0.0256. The maximum Gasteiger partial charge on any atom is 0.163 e. The van der Waals surface area contributed by atoms with Crippen LogP contribution in [0.25, 0.3) is 0 Å². The number of aliphatic hydroxyl groups is 1. The van der Waals surface area contributed by atoms with Gasteiger partial charge in [0.25, 0.3) is 0 Å². The van der Waals surface area contributed by atoms with Gasteiger partial charge in [-0.05, 0) is 13.0 Å². The highest BCUT2D eigenvalue weighted by atomic mass is 19.2. The summed E-state index contributed by atoms with van der Waals surface area (Å²) in [6.45, 7) is 1.52. The third-order valence-corrected chi connectivity index (χ3v) is 1.98. The van der Waals surface area contributed by atoms with E-state index in [1.807, 2.05) is 0 Å². The minimum Gasteiger partial charge on any atom is -0.395 e. The first-order valence-corrected chi connectivity index (χ1v) is 4.52. The molecule has 0 saturated carbocycles. The van der Waals surface area contributed by atoms with Crippen molar-refractivity contribution < 1.29 is 18.3 Å². The maximum absolute atomic E-state index is 13.1. The standard InChI is InChI=1S/C10H12F3NO/c1-6(5-15)14-4-7-2-8(11)3-9(12)10(7)13/h2-3,6,14-15H,4-5H2,1H3/t6-/m0/s1. The van der Waals surface area contributed by atoms with E-state index in [9.17, 15) is 13.2 Å². The minimum atomic E-state index is -1.21. The average Bonchev–Trinajstić information content (AvgIpc) is 2.20. The van der Waals surface area contributed by atoms with Gasteiger partial charge in [-0.15, -0.1) is 0 Å². The van der Waals surface area contributed by atoms with Gasteiger partial charge < -0.3 is 10.4 Å². The average molecular weight is 219 g/mol. The van der Waals surface area contributed by atoms with E-state index in [1.54, 1.807) is 6.92 Å². The molecule has 0 aliphatic heterocycles. The molecule has 0 radical (unpaired) electrons. The Hall–Kier alpha value is -1.07. The molecule has 1 rings (SSSR count). The van der Waals surface area contributed by atoms with E-state index in [2.05, 4.69) is 5.32 Å². The van der Waals surface area contributed by atoms with Gasteiger partial charge in [-0.2, -0.15) is 0 Å². The Morgan fingerprint density at radius 2 is 2.00 bits per heavy atom. The lowest BCUT2D eigenvalue weighted by Crippen LogP contribution is -2.29. The molecule has 0 unspecified atom stereocenters. The lowest BCUT2D eigenvalue weighted by molar-refractivity contribution is 0.250. The van der Waals surface area contributed by atoms with Gasteiger partial charge >= 0.3 is 0 Å². The molecule has 0 bridgehead atoms. The highest BCUT2D eigenvalue weighted by Gasteiger charge is 2.11. The van der Waals surface area contributed by atoms with Crippen LogP contribution >= 0.6 is 0 Å². The van der Waals surface area contributed by atoms with Gasteiger partial charge in [0, 0.05) is 24.2 Å². The fraction of sp³-hybridized carbons (Fsp3) is 0.400. The predicted octanol–water partition coefficient (Wildman–Crippen LogP) is 1.57. The summed E-state index contributed by atoms with van der Waals surface area (Å²) in [6.07, 6.45) is 0. The zero-order chi connectivity index (χ0) is 11.4. The summed E-state index contributed by atoms with van der Waals surface area (Å²) in [5.41, 5.74) is -0.0900. The second kappa shape index (κ2) is 5.14. The van der Waals surface area contributed by atoms with E-state index in [4.69, 9.17) is 5.11 Å². The van der Waals surface area contributed by atoms with E-state index in [0.29, 0.717) is 6.07 Å². The van der Waals surface area contributed by atoms with Crippen molar-refractivity contribution in [2.24, 2.45) is 0 Å². The van der Waals surface area contributed by atoms with E-state index < -0.39 is 17.5 Å². The lowest BCUT2D eigenvalue weighted by atomic mass is 10.2. The van der Waals surface area contributed by atoms with E-state index in [1.165, 1.54) is 0 Å². The zero-order valence-electron chi connectivity index (χ0n) is 8.23. The summed E-state index contributed by atoms with van der Waals surface area (Å²) >= 11 is 0. The Morgan fingerprint density at radius 1 is 1.33 bits per heavy atom. The summed E-state index contributed by atoms with van der Waals surface area (Å²) in [5.74, 6) is -3.08. The Morgan fingerprint density at radius 3 is 2.60 bits per heavy atom. The Kier molecular flexibility index (Phi) is 4.11. The van der Waals surface area contributed by atoms with Crippen molar-refractivity contribution in [3.05, 3.63) is 35.1 Å². The van der Waals surface area contributed by atoms with Gasteiger partial charge in [0.1, 0.15) is 5.82 Å². The topological polar surface area (TPSA) is 32.3 Å². The van der Waals surface area contributed by atoms with E-state index >= 15 is 0 Å². The monoisotopic (exact) mass is 219 g/mol. The van der Waals surface area contributed by atoms with Gasteiger partial charge in [0.15, 0.2) is 11.6 Å². The summed E-state index contributed by atoms with van der Waals surface area (Å²) in [5, 5.41) is 11.4. The van der Waals surface area contributed by atoms with Crippen molar-refractivity contribution in [1.29, 1.82) is 0 Å². The number of hydrogen-bond acceptors (Lipinski definition) is 2. The van der Waals surface area contributed by atoms with Crippen molar-refractivity contribution in [3.63, 3.8) is 0 Å². The molecule has 0 aromatic heterocycles. The normalized spacial score (nSPS) is 12.9. The molecule has 1 aromatic rings. The number of benzene rings is 1. The molecular weight excluding hydrogens is 207 g/mol. The van der Waals surface area contributed by atoms with Gasteiger partial charge in [0.2, 0.25) is 0 Å². The van der Waals surface area contributed by atoms with Crippen molar-refractivity contribution in [3.8, 4) is 0 Å². The molecule has 0 aliphatic rings. The fourth-order valence-corrected chi connectivity index (χ4v) is 1.09. The molecule has 0 fully saturated rings. The predicted molar refractivity (Wildman–Crippen MR) is 49.7 cm³/mol. The number of hydrogen-bond donors (Lipinski definition) is 2. The van der Waals surface area contributed by atoms with Crippen LogP contribution in [0.1, 0.15) is 12.5 Å². The molecular formula is C10H12F3NO. The molecule has 15 heavy (non-hydrogen) atoms. The highest BCUT2D eigenvalue weighted by Crippen LogP contribution is 2.14. The number of rotatable bonds is 4. The Balaban J connectivity index is 2.76. The number of aliphatic hydroxyl groups excluding tert-OH is 1. The molecule has 0 saturated heterocycles. The molecule has 2 nitrogen and oxygen atoms in total. The lowest BCUT2D eigenvalue weighted by Gasteiger charge is -2.11. The third kappa shape index (κ3) is 3.21. The molecule has 1 atom stereocenters. The zero-order valence-corrected chi connectivity index (χ0v) is 8.23. The molecule has 5 heteroatoms. The first kappa shape index (κ1) is 12.0. The molecule has 0 amide bonds. The third-order valence-electron chi connectivity index (χ3n) is 1.98. The molecule has 0 aliphatic carbocycles. The van der Waals surface area contributed by atoms with Crippen molar-refractivity contribution >= 4 is 0 Å². The SMILES string of the molecule is C[C@@H](CO)NCc1cc(F)cc(F)c1F. The molecule has 0 heterocycles. The molecule has 84 valence electrons. The van der Waals surface area contributed by atoms with Crippen LogP contribution in [-0.2, 0) is 6.54 Å². The molecule has 0 spiro atoms. The van der Waals surface area contributed by atoms with Crippen LogP contribution in [0.2, 0.25) is 0 Å². The molecule has 2 N–H and O–H groups in total. The van der Waals surface area contributed by atoms with Crippen LogP contribution < -0.4 is 5.32 Å². The van der Waals surface area contributed by atoms with Gasteiger partial charge in [-0.3, -0.25) is 0 Å².